The summed E-state index contributed by atoms with van der Waals surface area (Å²) in [4.78, 5) is 15.4. The van der Waals surface area contributed by atoms with Crippen LogP contribution in [0.3, 0.4) is 0 Å². The molecule has 4 rings (SSSR count). The Hall–Kier alpha value is -3.05. The summed E-state index contributed by atoms with van der Waals surface area (Å²) in [6.07, 6.45) is 9.01. The summed E-state index contributed by atoms with van der Waals surface area (Å²) >= 11 is 2.04. The quantitative estimate of drug-likeness (QED) is 0.328. The molecule has 1 heterocycles. The van der Waals surface area contributed by atoms with Gasteiger partial charge in [-0.3, -0.25) is 4.79 Å². The molecule has 1 amide bonds. The van der Waals surface area contributed by atoms with E-state index in [0.29, 0.717) is 5.25 Å². The lowest BCUT2D eigenvalue weighted by Gasteiger charge is -2.18. The van der Waals surface area contributed by atoms with E-state index < -0.39 is 0 Å². The Morgan fingerprint density at radius 2 is 1.84 bits per heavy atom. The number of fused-ring (bicyclic) bond motifs is 1. The molecular formula is C27H29N3OS. The third-order valence-electron chi connectivity index (χ3n) is 5.61. The topological polar surface area (TPSA) is 46.9 Å². The molecule has 0 aliphatic carbocycles. The predicted octanol–water partition coefficient (Wildman–Crippen LogP) is 5.97. The highest BCUT2D eigenvalue weighted by molar-refractivity contribution is 7.99. The number of aromatic nitrogens is 2. The van der Waals surface area contributed by atoms with E-state index in [4.69, 9.17) is 0 Å². The number of aryl methyl sites for hydroxylation is 2. The van der Waals surface area contributed by atoms with Crippen LogP contribution in [0.1, 0.15) is 24.5 Å². The lowest BCUT2D eigenvalue weighted by molar-refractivity contribution is -0.114. The lowest BCUT2D eigenvalue weighted by atomic mass is 10.00. The Bertz CT molecular complexity index is 1130. The van der Waals surface area contributed by atoms with Crippen LogP contribution in [0.2, 0.25) is 0 Å². The van der Waals surface area contributed by atoms with Crippen LogP contribution in [0.5, 0.6) is 0 Å². The molecule has 0 radical (unpaired) electrons. The van der Waals surface area contributed by atoms with Crippen LogP contribution < -0.4 is 5.32 Å². The van der Waals surface area contributed by atoms with Gasteiger partial charge in [0.25, 0.3) is 0 Å². The molecule has 3 aromatic carbocycles. The smallest absolute Gasteiger partial charge is 0.221 e. The number of anilines is 1. The van der Waals surface area contributed by atoms with E-state index in [1.165, 1.54) is 28.8 Å². The van der Waals surface area contributed by atoms with Gasteiger partial charge in [-0.1, -0.05) is 54.6 Å². The SMILES string of the molecule is CC(=O)Nc1ccc(CCSC(CCc2cccc3ccccc23)Cn2ccnc2)cc1. The Morgan fingerprint density at radius 1 is 1.03 bits per heavy atom. The first kappa shape index (κ1) is 22.2. The third-order valence-corrected chi connectivity index (χ3v) is 6.90. The molecule has 1 N–H and O–H groups in total. The van der Waals surface area contributed by atoms with E-state index in [1.54, 1.807) is 0 Å². The zero-order valence-electron chi connectivity index (χ0n) is 18.4. The van der Waals surface area contributed by atoms with Crippen molar-refractivity contribution in [3.8, 4) is 0 Å². The zero-order chi connectivity index (χ0) is 22.2. The third kappa shape index (κ3) is 6.24. The van der Waals surface area contributed by atoms with E-state index in [-0.39, 0.29) is 5.91 Å². The molecule has 164 valence electrons. The number of hydrogen-bond donors (Lipinski definition) is 1. The van der Waals surface area contributed by atoms with E-state index in [2.05, 4.69) is 69.5 Å². The van der Waals surface area contributed by atoms with Crippen molar-refractivity contribution >= 4 is 34.1 Å². The Kier molecular flexibility index (Phi) is 7.62. The monoisotopic (exact) mass is 443 g/mol. The van der Waals surface area contributed by atoms with Gasteiger partial charge in [-0.25, -0.2) is 4.98 Å². The molecule has 0 aliphatic rings. The average Bonchev–Trinajstić information content (AvgIpc) is 3.31. The second-order valence-corrected chi connectivity index (χ2v) is 9.47. The second kappa shape index (κ2) is 11.0. The van der Waals surface area contributed by atoms with Crippen molar-refractivity contribution in [1.29, 1.82) is 0 Å². The van der Waals surface area contributed by atoms with Gasteiger partial charge in [0.05, 0.1) is 6.33 Å². The summed E-state index contributed by atoms with van der Waals surface area (Å²) in [5.74, 6) is 1.02. The van der Waals surface area contributed by atoms with Gasteiger partial charge in [0.2, 0.25) is 5.91 Å². The molecular weight excluding hydrogens is 414 g/mol. The van der Waals surface area contributed by atoms with Crippen molar-refractivity contribution in [3.63, 3.8) is 0 Å². The number of hydrogen-bond acceptors (Lipinski definition) is 3. The maximum absolute atomic E-state index is 11.2. The number of carbonyl (C=O) groups is 1. The standard InChI is InChI=1S/C27H29N3OS/c1-21(31)29-25-12-9-22(10-13-25)15-18-32-26(19-30-17-16-28-20-30)14-11-24-7-4-6-23-5-2-3-8-27(23)24/h2-10,12-13,16-17,20,26H,11,14-15,18-19H2,1H3,(H,29,31). The molecule has 1 aromatic heterocycles. The molecule has 5 heteroatoms. The van der Waals surface area contributed by atoms with Crippen molar-refractivity contribution in [2.45, 2.75) is 38.0 Å². The summed E-state index contributed by atoms with van der Waals surface area (Å²) in [5.41, 5.74) is 3.57. The minimum Gasteiger partial charge on any atom is -0.336 e. The van der Waals surface area contributed by atoms with Gasteiger partial charge in [0.1, 0.15) is 0 Å². The fraction of sp³-hybridized carbons (Fsp3) is 0.259. The molecule has 32 heavy (non-hydrogen) atoms. The number of nitrogens with zero attached hydrogens (tertiary/aromatic N) is 2. The van der Waals surface area contributed by atoms with Crippen molar-refractivity contribution in [3.05, 3.63) is 96.6 Å². The normalized spacial score (nSPS) is 12.0. The van der Waals surface area contributed by atoms with Gasteiger partial charge < -0.3 is 9.88 Å². The summed E-state index contributed by atoms with van der Waals surface area (Å²) in [5, 5.41) is 6.01. The molecule has 0 saturated carbocycles. The molecule has 4 nitrogen and oxygen atoms in total. The summed E-state index contributed by atoms with van der Waals surface area (Å²) in [6.45, 7) is 2.50. The highest BCUT2D eigenvalue weighted by Gasteiger charge is 2.12. The molecule has 0 bridgehead atoms. The molecule has 0 spiro atoms. The fourth-order valence-corrected chi connectivity index (χ4v) is 5.23. The van der Waals surface area contributed by atoms with Crippen LogP contribution in [0, 0.1) is 0 Å². The first-order valence-electron chi connectivity index (χ1n) is 11.1. The van der Waals surface area contributed by atoms with E-state index >= 15 is 0 Å². The van der Waals surface area contributed by atoms with Gasteiger partial charge in [0.15, 0.2) is 0 Å². The largest absolute Gasteiger partial charge is 0.336 e. The van der Waals surface area contributed by atoms with Crippen molar-refractivity contribution < 1.29 is 4.79 Å². The van der Waals surface area contributed by atoms with Gasteiger partial charge in [-0.2, -0.15) is 11.8 Å². The summed E-state index contributed by atoms with van der Waals surface area (Å²) in [7, 11) is 0. The van der Waals surface area contributed by atoms with E-state index in [0.717, 1.165) is 37.2 Å². The van der Waals surface area contributed by atoms with Crippen LogP contribution in [0.15, 0.2) is 85.5 Å². The molecule has 0 saturated heterocycles. The highest BCUT2D eigenvalue weighted by atomic mass is 32.2. The number of benzene rings is 3. The molecule has 0 fully saturated rings. The highest BCUT2D eigenvalue weighted by Crippen LogP contribution is 2.25. The number of carbonyl (C=O) groups excluding carboxylic acids is 1. The first-order valence-corrected chi connectivity index (χ1v) is 12.1. The number of imidazole rings is 1. The summed E-state index contributed by atoms with van der Waals surface area (Å²) < 4.78 is 2.18. The Morgan fingerprint density at radius 3 is 2.62 bits per heavy atom. The Labute approximate surface area is 194 Å². The van der Waals surface area contributed by atoms with Crippen molar-refractivity contribution in [1.82, 2.24) is 9.55 Å². The Balaban J connectivity index is 1.36. The van der Waals surface area contributed by atoms with Gasteiger partial charge in [-0.15, -0.1) is 0 Å². The van der Waals surface area contributed by atoms with E-state index in [1.807, 2.05) is 42.6 Å². The first-order chi connectivity index (χ1) is 15.7. The number of rotatable bonds is 10. The summed E-state index contributed by atoms with van der Waals surface area (Å²) in [6, 6.07) is 23.4. The van der Waals surface area contributed by atoms with Crippen molar-refractivity contribution in [2.24, 2.45) is 0 Å². The minimum atomic E-state index is -0.0400. The van der Waals surface area contributed by atoms with Crippen molar-refractivity contribution in [2.75, 3.05) is 11.1 Å². The van der Waals surface area contributed by atoms with Crippen LogP contribution in [0.25, 0.3) is 10.8 Å². The average molecular weight is 444 g/mol. The molecule has 0 aliphatic heterocycles. The second-order valence-electron chi connectivity index (χ2n) is 8.06. The number of nitrogens with one attached hydrogen (secondary N) is 1. The lowest BCUT2D eigenvalue weighted by Crippen LogP contribution is -2.14. The van der Waals surface area contributed by atoms with Gasteiger partial charge in [0, 0.05) is 36.8 Å². The van der Waals surface area contributed by atoms with Gasteiger partial charge in [-0.05, 0) is 59.0 Å². The van der Waals surface area contributed by atoms with E-state index in [9.17, 15) is 4.79 Å². The molecule has 4 aromatic rings. The maximum Gasteiger partial charge on any atom is 0.221 e. The van der Waals surface area contributed by atoms with Crippen LogP contribution in [-0.4, -0.2) is 26.5 Å². The minimum absolute atomic E-state index is 0.0400. The van der Waals surface area contributed by atoms with Crippen LogP contribution >= 0.6 is 11.8 Å². The number of thioether (sulfide) groups is 1. The fourth-order valence-electron chi connectivity index (χ4n) is 3.99. The van der Waals surface area contributed by atoms with Crippen LogP contribution in [0.4, 0.5) is 5.69 Å². The zero-order valence-corrected chi connectivity index (χ0v) is 19.2. The van der Waals surface area contributed by atoms with Gasteiger partial charge >= 0.3 is 0 Å². The van der Waals surface area contributed by atoms with Crippen LogP contribution in [-0.2, 0) is 24.2 Å². The number of amides is 1. The molecule has 1 atom stereocenters. The maximum atomic E-state index is 11.2. The molecule has 1 unspecified atom stereocenters. The predicted molar refractivity (Wildman–Crippen MR) is 135 cm³/mol.